The van der Waals surface area contributed by atoms with E-state index in [1.807, 2.05) is 47.0 Å². The van der Waals surface area contributed by atoms with Crippen molar-refractivity contribution in [2.45, 2.75) is 6.42 Å². The van der Waals surface area contributed by atoms with Crippen LogP contribution in [0.15, 0.2) is 42.5 Å². The molecular formula is C16H14Cl2N2O. The predicted molar refractivity (Wildman–Crippen MR) is 87.1 cm³/mol. The minimum Gasteiger partial charge on any atom is -0.497 e. The fourth-order valence-corrected chi connectivity index (χ4v) is 2.76. The highest BCUT2D eigenvalue weighted by molar-refractivity contribution is 6.32. The molecule has 3 nitrogen and oxygen atoms in total. The maximum atomic E-state index is 6.38. The molecule has 0 aliphatic carbocycles. The van der Waals surface area contributed by atoms with E-state index in [0.29, 0.717) is 17.3 Å². The quantitative estimate of drug-likeness (QED) is 0.663. The summed E-state index contributed by atoms with van der Waals surface area (Å²) in [5.41, 5.74) is 2.79. The van der Waals surface area contributed by atoms with Gasteiger partial charge in [-0.2, -0.15) is 0 Å². The molecule has 0 aliphatic heterocycles. The lowest BCUT2D eigenvalue weighted by Gasteiger charge is -2.12. The highest BCUT2D eigenvalue weighted by atomic mass is 35.5. The van der Waals surface area contributed by atoms with Crippen LogP contribution in [0, 0.1) is 0 Å². The third kappa shape index (κ3) is 2.59. The Morgan fingerprint density at radius 2 is 2.00 bits per heavy atom. The average Bonchev–Trinajstić information content (AvgIpc) is 2.86. The van der Waals surface area contributed by atoms with Gasteiger partial charge in [0.1, 0.15) is 11.6 Å². The number of fused-ring (bicyclic) bond motifs is 1. The number of nitrogens with zero attached hydrogens (tertiary/aromatic N) is 2. The highest BCUT2D eigenvalue weighted by Gasteiger charge is 2.14. The summed E-state index contributed by atoms with van der Waals surface area (Å²) in [5, 5.41) is 0.648. The maximum Gasteiger partial charge on any atom is 0.121 e. The van der Waals surface area contributed by atoms with E-state index in [0.717, 1.165) is 28.3 Å². The van der Waals surface area contributed by atoms with Crippen LogP contribution in [0.4, 0.5) is 0 Å². The number of aromatic nitrogens is 2. The van der Waals surface area contributed by atoms with Gasteiger partial charge in [0, 0.05) is 18.4 Å². The van der Waals surface area contributed by atoms with E-state index < -0.39 is 0 Å². The van der Waals surface area contributed by atoms with Crippen LogP contribution in [0.1, 0.15) is 5.82 Å². The first-order chi connectivity index (χ1) is 10.2. The van der Waals surface area contributed by atoms with Crippen LogP contribution in [0.3, 0.4) is 0 Å². The molecule has 1 heterocycles. The fourth-order valence-electron chi connectivity index (χ4n) is 2.39. The third-order valence-electron chi connectivity index (χ3n) is 3.34. The molecule has 0 saturated heterocycles. The first kappa shape index (κ1) is 14.2. The molecule has 0 N–H and O–H groups in total. The van der Waals surface area contributed by atoms with Crippen LogP contribution in [0.2, 0.25) is 5.02 Å². The van der Waals surface area contributed by atoms with Crippen molar-refractivity contribution in [3.8, 4) is 11.4 Å². The number of benzene rings is 2. The third-order valence-corrected chi connectivity index (χ3v) is 3.85. The molecule has 108 valence electrons. The van der Waals surface area contributed by atoms with E-state index in [1.54, 1.807) is 7.11 Å². The summed E-state index contributed by atoms with van der Waals surface area (Å²) in [7, 11) is 1.64. The van der Waals surface area contributed by atoms with Crippen molar-refractivity contribution in [1.82, 2.24) is 9.55 Å². The molecule has 0 atom stereocenters. The Kier molecular flexibility index (Phi) is 4.04. The van der Waals surface area contributed by atoms with Crippen molar-refractivity contribution in [3.05, 3.63) is 53.3 Å². The summed E-state index contributed by atoms with van der Waals surface area (Å²) < 4.78 is 7.35. The summed E-state index contributed by atoms with van der Waals surface area (Å²) >= 11 is 12.3. The molecule has 0 aliphatic rings. The zero-order valence-electron chi connectivity index (χ0n) is 11.5. The van der Waals surface area contributed by atoms with Crippen molar-refractivity contribution in [1.29, 1.82) is 0 Å². The van der Waals surface area contributed by atoms with Crippen LogP contribution in [0.25, 0.3) is 16.7 Å². The number of halogens is 2. The van der Waals surface area contributed by atoms with E-state index in [2.05, 4.69) is 4.98 Å². The first-order valence-electron chi connectivity index (χ1n) is 6.61. The van der Waals surface area contributed by atoms with Gasteiger partial charge < -0.3 is 4.74 Å². The zero-order valence-corrected chi connectivity index (χ0v) is 13.0. The van der Waals surface area contributed by atoms with Crippen molar-refractivity contribution < 1.29 is 4.74 Å². The Morgan fingerprint density at radius 1 is 1.19 bits per heavy atom. The molecule has 0 saturated carbocycles. The van der Waals surface area contributed by atoms with E-state index in [1.165, 1.54) is 0 Å². The van der Waals surface area contributed by atoms with Gasteiger partial charge in [0.2, 0.25) is 0 Å². The molecule has 0 unspecified atom stereocenters. The summed E-state index contributed by atoms with van der Waals surface area (Å²) in [4.78, 5) is 4.65. The number of hydrogen-bond acceptors (Lipinski definition) is 2. The Bertz CT molecular complexity index is 783. The highest BCUT2D eigenvalue weighted by Crippen LogP contribution is 2.30. The van der Waals surface area contributed by atoms with Gasteiger partial charge in [-0.05, 0) is 24.3 Å². The molecule has 0 fully saturated rings. The summed E-state index contributed by atoms with van der Waals surface area (Å²) in [6, 6.07) is 13.5. The number of imidazole rings is 1. The van der Waals surface area contributed by atoms with Gasteiger partial charge in [0.15, 0.2) is 0 Å². The Labute approximate surface area is 133 Å². The van der Waals surface area contributed by atoms with Gasteiger partial charge in [-0.3, -0.25) is 4.57 Å². The second-order valence-corrected chi connectivity index (χ2v) is 5.39. The fraction of sp³-hybridized carbons (Fsp3) is 0.188. The Morgan fingerprint density at radius 3 is 2.76 bits per heavy atom. The minimum absolute atomic E-state index is 0.505. The minimum atomic E-state index is 0.505. The monoisotopic (exact) mass is 320 g/mol. The van der Waals surface area contributed by atoms with Crippen LogP contribution in [0.5, 0.6) is 5.75 Å². The molecule has 1 aromatic heterocycles. The lowest BCUT2D eigenvalue weighted by molar-refractivity contribution is 0.414. The van der Waals surface area contributed by atoms with Gasteiger partial charge in [-0.25, -0.2) is 4.98 Å². The van der Waals surface area contributed by atoms with Crippen LogP contribution in [-0.4, -0.2) is 22.5 Å². The Hall–Kier alpha value is -1.71. The van der Waals surface area contributed by atoms with Gasteiger partial charge in [-0.15, -0.1) is 11.6 Å². The van der Waals surface area contributed by atoms with E-state index in [9.17, 15) is 0 Å². The smallest absolute Gasteiger partial charge is 0.121 e. The molecule has 0 radical (unpaired) electrons. The standard InChI is InChI=1S/C16H14Cl2N2O/c1-21-11-6-7-12(18)15(10-11)20-14-5-3-2-4-13(14)19-16(20)8-9-17/h2-7,10H,8-9H2,1H3. The van der Waals surface area contributed by atoms with E-state index >= 15 is 0 Å². The summed E-state index contributed by atoms with van der Waals surface area (Å²) in [5.74, 6) is 2.15. The number of para-hydroxylation sites is 2. The van der Waals surface area contributed by atoms with Crippen LogP contribution >= 0.6 is 23.2 Å². The number of alkyl halides is 1. The molecule has 3 aromatic rings. The molecule has 5 heteroatoms. The number of rotatable bonds is 4. The number of hydrogen-bond donors (Lipinski definition) is 0. The topological polar surface area (TPSA) is 27.1 Å². The average molecular weight is 321 g/mol. The Balaban J connectivity index is 2.29. The summed E-state index contributed by atoms with van der Waals surface area (Å²) in [6.07, 6.45) is 0.670. The summed E-state index contributed by atoms with van der Waals surface area (Å²) in [6.45, 7) is 0. The molecule has 3 rings (SSSR count). The van der Waals surface area contributed by atoms with Crippen molar-refractivity contribution >= 4 is 34.2 Å². The van der Waals surface area contributed by atoms with Crippen molar-refractivity contribution in [2.75, 3.05) is 13.0 Å². The molecule has 21 heavy (non-hydrogen) atoms. The number of aryl methyl sites for hydroxylation is 1. The second-order valence-electron chi connectivity index (χ2n) is 4.61. The van der Waals surface area contributed by atoms with Crippen LogP contribution in [-0.2, 0) is 6.42 Å². The van der Waals surface area contributed by atoms with Gasteiger partial charge in [0.25, 0.3) is 0 Å². The normalized spacial score (nSPS) is 11.0. The van der Waals surface area contributed by atoms with Gasteiger partial charge in [-0.1, -0.05) is 23.7 Å². The predicted octanol–water partition coefficient (Wildman–Crippen LogP) is 4.47. The SMILES string of the molecule is COc1ccc(Cl)c(-n2c(CCCl)nc3ccccc32)c1. The largest absolute Gasteiger partial charge is 0.497 e. The van der Waals surface area contributed by atoms with E-state index in [4.69, 9.17) is 27.9 Å². The lowest BCUT2D eigenvalue weighted by atomic mass is 10.2. The number of methoxy groups -OCH3 is 1. The number of ether oxygens (including phenoxy) is 1. The molecule has 0 amide bonds. The molecule has 0 spiro atoms. The van der Waals surface area contributed by atoms with Gasteiger partial charge >= 0.3 is 0 Å². The molecule has 2 aromatic carbocycles. The van der Waals surface area contributed by atoms with Crippen molar-refractivity contribution in [2.24, 2.45) is 0 Å². The second kappa shape index (κ2) is 5.96. The zero-order chi connectivity index (χ0) is 14.8. The maximum absolute atomic E-state index is 6.38. The lowest BCUT2D eigenvalue weighted by Crippen LogP contribution is -2.03. The van der Waals surface area contributed by atoms with Gasteiger partial charge in [0.05, 0.1) is 28.9 Å². The van der Waals surface area contributed by atoms with Crippen LogP contribution < -0.4 is 4.74 Å². The first-order valence-corrected chi connectivity index (χ1v) is 7.52. The molecular weight excluding hydrogens is 307 g/mol. The van der Waals surface area contributed by atoms with E-state index in [-0.39, 0.29) is 0 Å². The van der Waals surface area contributed by atoms with Crippen molar-refractivity contribution in [3.63, 3.8) is 0 Å². The molecule has 0 bridgehead atoms.